The smallest absolute Gasteiger partial charge is 0.461 e. The molecule has 15 heteroatoms. The van der Waals surface area contributed by atoms with E-state index in [1.54, 1.807) is 24.0 Å². The minimum Gasteiger partial charge on any atom is -0.461 e. The van der Waals surface area contributed by atoms with Crippen LogP contribution in [0.15, 0.2) is 30.6 Å². The summed E-state index contributed by atoms with van der Waals surface area (Å²) in [5, 5.41) is 4.39. The van der Waals surface area contributed by atoms with Crippen molar-refractivity contribution < 1.29 is 39.7 Å². The molecule has 1 aliphatic heterocycles. The molecular weight excluding hydrogens is 486 g/mol. The number of ether oxygens (including phenoxy) is 1. The minimum atomic E-state index is -6.02. The van der Waals surface area contributed by atoms with Crippen LogP contribution >= 0.6 is 0 Å². The number of rotatable bonds is 6. The number of alkyl halides is 3. The molecule has 0 bridgehead atoms. The SMILES string of the molecule is CCOC(=O)c1cnc2ccc(N3CCCC3c3cc(F)cnc3OS(=O)(=O)C(F)(F)F)nn12. The van der Waals surface area contributed by atoms with Crippen molar-refractivity contribution in [3.63, 3.8) is 0 Å². The van der Waals surface area contributed by atoms with E-state index in [1.165, 1.54) is 10.7 Å². The highest BCUT2D eigenvalue weighted by Gasteiger charge is 2.49. The largest absolute Gasteiger partial charge is 0.534 e. The van der Waals surface area contributed by atoms with E-state index in [1.807, 2.05) is 0 Å². The number of pyridine rings is 1. The Labute approximate surface area is 190 Å². The number of nitrogens with zero attached hydrogens (tertiary/aromatic N) is 5. The van der Waals surface area contributed by atoms with Crippen LogP contribution in [0.3, 0.4) is 0 Å². The lowest BCUT2D eigenvalue weighted by atomic mass is 10.1. The van der Waals surface area contributed by atoms with Gasteiger partial charge in [0.05, 0.1) is 25.0 Å². The van der Waals surface area contributed by atoms with Crippen molar-refractivity contribution in [1.29, 1.82) is 0 Å². The maximum Gasteiger partial charge on any atom is 0.534 e. The van der Waals surface area contributed by atoms with Gasteiger partial charge in [-0.1, -0.05) is 0 Å². The highest BCUT2D eigenvalue weighted by Crippen LogP contribution is 2.40. The summed E-state index contributed by atoms with van der Waals surface area (Å²) in [6.45, 7) is 2.13. The third kappa shape index (κ3) is 4.34. The molecule has 182 valence electrons. The molecule has 0 spiro atoms. The van der Waals surface area contributed by atoms with Gasteiger partial charge >= 0.3 is 21.6 Å². The Kier molecular flexibility index (Phi) is 6.05. The monoisotopic (exact) mass is 503 g/mol. The number of hydrogen-bond donors (Lipinski definition) is 0. The van der Waals surface area contributed by atoms with Crippen molar-refractivity contribution in [3.8, 4) is 5.88 Å². The van der Waals surface area contributed by atoms with Gasteiger partial charge in [-0.05, 0) is 38.0 Å². The number of carbonyl (C=O) groups is 1. The number of aromatic nitrogens is 4. The number of imidazole rings is 1. The zero-order chi connectivity index (χ0) is 24.7. The lowest BCUT2D eigenvalue weighted by molar-refractivity contribution is -0.0501. The van der Waals surface area contributed by atoms with E-state index in [9.17, 15) is 30.8 Å². The molecule has 0 aliphatic carbocycles. The first-order chi connectivity index (χ1) is 16.0. The molecule has 3 aromatic heterocycles. The second-order valence-corrected chi connectivity index (χ2v) is 8.75. The van der Waals surface area contributed by atoms with Crippen molar-refractivity contribution in [2.75, 3.05) is 18.1 Å². The van der Waals surface area contributed by atoms with Gasteiger partial charge < -0.3 is 13.8 Å². The predicted molar refractivity (Wildman–Crippen MR) is 108 cm³/mol. The molecule has 1 saturated heterocycles. The maximum atomic E-state index is 14.0. The Bertz CT molecular complexity index is 1340. The van der Waals surface area contributed by atoms with Gasteiger partial charge in [-0.15, -0.1) is 5.10 Å². The first-order valence-electron chi connectivity index (χ1n) is 9.96. The van der Waals surface area contributed by atoms with E-state index in [0.717, 1.165) is 6.07 Å². The minimum absolute atomic E-state index is 0.0576. The van der Waals surface area contributed by atoms with Crippen LogP contribution in [0.25, 0.3) is 5.65 Å². The molecule has 0 amide bonds. The van der Waals surface area contributed by atoms with E-state index >= 15 is 0 Å². The quantitative estimate of drug-likeness (QED) is 0.217. The zero-order valence-electron chi connectivity index (χ0n) is 17.5. The molecule has 0 saturated carbocycles. The number of halogens is 4. The molecule has 0 aromatic carbocycles. The van der Waals surface area contributed by atoms with Crippen LogP contribution in [0.4, 0.5) is 23.4 Å². The first-order valence-corrected chi connectivity index (χ1v) is 11.4. The Hall–Kier alpha value is -3.49. The fourth-order valence-corrected chi connectivity index (χ4v) is 4.07. The van der Waals surface area contributed by atoms with Crippen LogP contribution in [-0.4, -0.2) is 52.6 Å². The van der Waals surface area contributed by atoms with Crippen molar-refractivity contribution in [2.45, 2.75) is 31.3 Å². The molecular formula is C19H17F4N5O5S. The Balaban J connectivity index is 1.74. The lowest BCUT2D eigenvalue weighted by Crippen LogP contribution is -2.30. The summed E-state index contributed by atoms with van der Waals surface area (Å²) in [4.78, 5) is 21.3. The molecule has 0 radical (unpaired) electrons. The number of esters is 1. The molecule has 1 unspecified atom stereocenters. The molecule has 1 atom stereocenters. The molecule has 4 heterocycles. The number of hydrogen-bond acceptors (Lipinski definition) is 9. The standard InChI is InChI=1S/C19H17F4N5O5S/c1-2-32-18(29)14-10-24-15-5-6-16(26-28(14)15)27-7-3-4-13(27)12-8-11(20)9-25-17(12)33-34(30,31)19(21,22)23/h5-6,8-10,13H,2-4,7H2,1H3. The third-order valence-electron chi connectivity index (χ3n) is 5.06. The fraction of sp³-hybridized carbons (Fsp3) is 0.368. The van der Waals surface area contributed by atoms with E-state index in [-0.39, 0.29) is 23.7 Å². The Morgan fingerprint density at radius 1 is 1.24 bits per heavy atom. The topological polar surface area (TPSA) is 116 Å². The van der Waals surface area contributed by atoms with Crippen LogP contribution in [-0.2, 0) is 14.9 Å². The number of carbonyl (C=O) groups excluding carboxylic acids is 1. The molecule has 4 rings (SSSR count). The first kappa shape index (κ1) is 23.7. The van der Waals surface area contributed by atoms with Gasteiger partial charge in [0.25, 0.3) is 0 Å². The fourth-order valence-electron chi connectivity index (χ4n) is 3.63. The van der Waals surface area contributed by atoms with Crippen molar-refractivity contribution in [3.05, 3.63) is 47.7 Å². The second kappa shape index (κ2) is 8.70. The van der Waals surface area contributed by atoms with Gasteiger partial charge in [-0.25, -0.2) is 23.7 Å². The Morgan fingerprint density at radius 2 is 2.00 bits per heavy atom. The number of anilines is 1. The van der Waals surface area contributed by atoms with Gasteiger partial charge in [0.1, 0.15) is 11.6 Å². The third-order valence-corrected chi connectivity index (χ3v) is 6.00. The van der Waals surface area contributed by atoms with Crippen molar-refractivity contribution in [2.24, 2.45) is 0 Å². The summed E-state index contributed by atoms with van der Waals surface area (Å²) >= 11 is 0. The summed E-state index contributed by atoms with van der Waals surface area (Å²) in [5.74, 6) is -2.14. The van der Waals surface area contributed by atoms with Crippen LogP contribution in [0.1, 0.15) is 41.9 Å². The zero-order valence-corrected chi connectivity index (χ0v) is 18.3. The van der Waals surface area contributed by atoms with Crippen molar-refractivity contribution >= 4 is 27.6 Å². The predicted octanol–water partition coefficient (Wildman–Crippen LogP) is 3.01. The average Bonchev–Trinajstić information content (AvgIpc) is 3.41. The number of fused-ring (bicyclic) bond motifs is 1. The van der Waals surface area contributed by atoms with E-state index in [0.29, 0.717) is 31.2 Å². The molecule has 0 N–H and O–H groups in total. The van der Waals surface area contributed by atoms with Gasteiger partial charge in [0.15, 0.2) is 11.3 Å². The van der Waals surface area contributed by atoms with Gasteiger partial charge in [-0.3, -0.25) is 0 Å². The van der Waals surface area contributed by atoms with Crippen LogP contribution in [0, 0.1) is 5.82 Å². The maximum absolute atomic E-state index is 14.0. The second-order valence-electron chi connectivity index (χ2n) is 7.21. The normalized spacial score (nSPS) is 16.7. The molecule has 1 aliphatic rings. The van der Waals surface area contributed by atoms with Crippen LogP contribution < -0.4 is 9.08 Å². The van der Waals surface area contributed by atoms with Crippen LogP contribution in [0.5, 0.6) is 5.88 Å². The highest BCUT2D eigenvalue weighted by molar-refractivity contribution is 7.87. The average molecular weight is 503 g/mol. The molecule has 1 fully saturated rings. The summed E-state index contributed by atoms with van der Waals surface area (Å²) in [6, 6.07) is 3.20. The van der Waals surface area contributed by atoms with Crippen LogP contribution in [0.2, 0.25) is 0 Å². The molecule has 3 aromatic rings. The highest BCUT2D eigenvalue weighted by atomic mass is 32.2. The Morgan fingerprint density at radius 3 is 2.71 bits per heavy atom. The van der Waals surface area contributed by atoms with Gasteiger partial charge in [-0.2, -0.15) is 21.6 Å². The van der Waals surface area contributed by atoms with Crippen molar-refractivity contribution in [1.82, 2.24) is 19.6 Å². The molecule has 34 heavy (non-hydrogen) atoms. The summed E-state index contributed by atoms with van der Waals surface area (Å²) in [5.41, 5.74) is -5.48. The van der Waals surface area contributed by atoms with E-state index in [4.69, 9.17) is 4.74 Å². The van der Waals surface area contributed by atoms with E-state index in [2.05, 4.69) is 19.2 Å². The summed E-state index contributed by atoms with van der Waals surface area (Å²) in [6.07, 6.45) is 2.70. The molecule has 10 nitrogen and oxygen atoms in total. The summed E-state index contributed by atoms with van der Waals surface area (Å²) in [7, 11) is -6.02. The summed E-state index contributed by atoms with van der Waals surface area (Å²) < 4.78 is 86.1. The van der Waals surface area contributed by atoms with E-state index < -0.39 is 39.3 Å². The van der Waals surface area contributed by atoms with Gasteiger partial charge in [0, 0.05) is 12.1 Å². The lowest BCUT2D eigenvalue weighted by Gasteiger charge is -2.27. The van der Waals surface area contributed by atoms with Gasteiger partial charge in [0.2, 0.25) is 5.88 Å².